The summed E-state index contributed by atoms with van der Waals surface area (Å²) in [5.41, 5.74) is 1.000. The van der Waals surface area contributed by atoms with Crippen molar-refractivity contribution in [2.24, 2.45) is 0 Å². The number of likely N-dealkylation sites (tertiary alicyclic amines) is 1. The molecule has 0 spiro atoms. The lowest BCUT2D eigenvalue weighted by molar-refractivity contribution is 0.187. The fourth-order valence-corrected chi connectivity index (χ4v) is 3.13. The molecule has 1 aromatic rings. The zero-order valence-electron chi connectivity index (χ0n) is 12.8. The molecule has 0 saturated carbocycles. The first-order valence-corrected chi connectivity index (χ1v) is 8.18. The quantitative estimate of drug-likeness (QED) is 0.847. The van der Waals surface area contributed by atoms with Crippen LogP contribution in [0.1, 0.15) is 52.1 Å². The molecule has 1 fully saturated rings. The van der Waals surface area contributed by atoms with Crippen molar-refractivity contribution in [3.8, 4) is 0 Å². The van der Waals surface area contributed by atoms with Crippen LogP contribution in [0.25, 0.3) is 0 Å². The largest absolute Gasteiger partial charge is 0.370 e. The van der Waals surface area contributed by atoms with E-state index in [0.717, 1.165) is 36.0 Å². The van der Waals surface area contributed by atoms with Gasteiger partial charge in [-0.05, 0) is 44.7 Å². The summed E-state index contributed by atoms with van der Waals surface area (Å²) >= 11 is 6.33. The third kappa shape index (κ3) is 3.64. The molecule has 1 aliphatic rings. The molecule has 2 rings (SSSR count). The predicted molar refractivity (Wildman–Crippen MR) is 86.3 cm³/mol. The number of pyridine rings is 1. The van der Waals surface area contributed by atoms with Gasteiger partial charge in [-0.1, -0.05) is 25.4 Å². The van der Waals surface area contributed by atoms with Crippen molar-refractivity contribution < 1.29 is 0 Å². The lowest BCUT2D eigenvalue weighted by Gasteiger charge is -2.27. The van der Waals surface area contributed by atoms with Gasteiger partial charge in [0, 0.05) is 25.2 Å². The lowest BCUT2D eigenvalue weighted by atomic mass is 10.1. The Balaban J connectivity index is 2.11. The Kier molecular flexibility index (Phi) is 5.67. The van der Waals surface area contributed by atoms with Crippen molar-refractivity contribution in [3.05, 3.63) is 22.8 Å². The highest BCUT2D eigenvalue weighted by molar-refractivity contribution is 6.31. The SMILES string of the molecule is CCCNc1ccc(Cl)c(CN2C(C)CCC2CC)n1. The topological polar surface area (TPSA) is 28.2 Å². The number of nitrogens with one attached hydrogen (secondary N) is 1. The highest BCUT2D eigenvalue weighted by atomic mass is 35.5. The van der Waals surface area contributed by atoms with Gasteiger partial charge in [0.25, 0.3) is 0 Å². The van der Waals surface area contributed by atoms with Crippen LogP contribution >= 0.6 is 11.6 Å². The first-order chi connectivity index (χ1) is 9.65. The fraction of sp³-hybridized carbons (Fsp3) is 0.688. The van der Waals surface area contributed by atoms with Crippen LogP contribution in [0.2, 0.25) is 5.02 Å². The maximum Gasteiger partial charge on any atom is 0.126 e. The molecule has 1 saturated heterocycles. The number of hydrogen-bond donors (Lipinski definition) is 1. The zero-order chi connectivity index (χ0) is 14.5. The molecule has 0 aliphatic carbocycles. The molecule has 2 atom stereocenters. The molecule has 112 valence electrons. The van der Waals surface area contributed by atoms with E-state index in [0.29, 0.717) is 12.1 Å². The molecular formula is C16H26ClN3. The van der Waals surface area contributed by atoms with Gasteiger partial charge in [0.2, 0.25) is 0 Å². The summed E-state index contributed by atoms with van der Waals surface area (Å²) in [5, 5.41) is 4.11. The van der Waals surface area contributed by atoms with E-state index in [-0.39, 0.29) is 0 Å². The number of nitrogens with zero attached hydrogens (tertiary/aromatic N) is 2. The summed E-state index contributed by atoms with van der Waals surface area (Å²) < 4.78 is 0. The summed E-state index contributed by atoms with van der Waals surface area (Å²) in [7, 11) is 0. The van der Waals surface area contributed by atoms with Crippen molar-refractivity contribution in [3.63, 3.8) is 0 Å². The Bertz CT molecular complexity index is 436. The molecule has 0 aromatic carbocycles. The molecule has 20 heavy (non-hydrogen) atoms. The van der Waals surface area contributed by atoms with Crippen LogP contribution in [0, 0.1) is 0 Å². The smallest absolute Gasteiger partial charge is 0.126 e. The van der Waals surface area contributed by atoms with E-state index in [1.165, 1.54) is 19.3 Å². The average molecular weight is 296 g/mol. The summed E-state index contributed by atoms with van der Waals surface area (Å²) in [6, 6.07) is 5.23. The summed E-state index contributed by atoms with van der Waals surface area (Å²) in [5.74, 6) is 0.936. The fourth-order valence-electron chi connectivity index (χ4n) is 2.97. The Morgan fingerprint density at radius 1 is 1.35 bits per heavy atom. The molecule has 0 radical (unpaired) electrons. The molecule has 1 aliphatic heterocycles. The molecule has 0 amide bonds. The molecule has 4 heteroatoms. The molecular weight excluding hydrogens is 270 g/mol. The van der Waals surface area contributed by atoms with E-state index in [1.807, 2.05) is 12.1 Å². The van der Waals surface area contributed by atoms with Crippen molar-refractivity contribution in [2.75, 3.05) is 11.9 Å². The first-order valence-electron chi connectivity index (χ1n) is 7.80. The van der Waals surface area contributed by atoms with Gasteiger partial charge in [-0.2, -0.15) is 0 Å². The van der Waals surface area contributed by atoms with Crippen molar-refractivity contribution in [2.45, 2.75) is 65.1 Å². The van der Waals surface area contributed by atoms with Crippen LogP contribution in [0.3, 0.4) is 0 Å². The molecule has 3 nitrogen and oxygen atoms in total. The van der Waals surface area contributed by atoms with Crippen LogP contribution < -0.4 is 5.32 Å². The van der Waals surface area contributed by atoms with Crippen LogP contribution in [0.4, 0.5) is 5.82 Å². The second-order valence-electron chi connectivity index (χ2n) is 5.71. The van der Waals surface area contributed by atoms with E-state index >= 15 is 0 Å². The van der Waals surface area contributed by atoms with Gasteiger partial charge in [-0.3, -0.25) is 4.90 Å². The molecule has 2 unspecified atom stereocenters. The molecule has 1 N–H and O–H groups in total. The van der Waals surface area contributed by atoms with Gasteiger partial charge in [-0.15, -0.1) is 0 Å². The second-order valence-corrected chi connectivity index (χ2v) is 6.12. The number of rotatable bonds is 6. The maximum atomic E-state index is 6.33. The summed E-state index contributed by atoms with van der Waals surface area (Å²) in [4.78, 5) is 7.25. The Morgan fingerprint density at radius 2 is 2.15 bits per heavy atom. The highest BCUT2D eigenvalue weighted by Crippen LogP contribution is 2.29. The minimum atomic E-state index is 0.630. The van der Waals surface area contributed by atoms with Gasteiger partial charge in [0.15, 0.2) is 0 Å². The number of aromatic nitrogens is 1. The molecule has 1 aromatic heterocycles. The lowest BCUT2D eigenvalue weighted by Crippen LogP contribution is -2.34. The zero-order valence-corrected chi connectivity index (χ0v) is 13.6. The van der Waals surface area contributed by atoms with Gasteiger partial charge in [-0.25, -0.2) is 4.98 Å². The normalized spacial score (nSPS) is 23.2. The Labute approximate surface area is 127 Å². The summed E-state index contributed by atoms with van der Waals surface area (Å²) in [6.07, 6.45) is 4.88. The monoisotopic (exact) mass is 295 g/mol. The molecule has 2 heterocycles. The van der Waals surface area contributed by atoms with Crippen molar-refractivity contribution in [1.29, 1.82) is 0 Å². The van der Waals surface area contributed by atoms with Gasteiger partial charge in [0.1, 0.15) is 5.82 Å². The minimum absolute atomic E-state index is 0.630. The van der Waals surface area contributed by atoms with E-state index in [1.54, 1.807) is 0 Å². The van der Waals surface area contributed by atoms with Crippen molar-refractivity contribution in [1.82, 2.24) is 9.88 Å². The van der Waals surface area contributed by atoms with Crippen molar-refractivity contribution >= 4 is 17.4 Å². The minimum Gasteiger partial charge on any atom is -0.370 e. The van der Waals surface area contributed by atoms with E-state index in [9.17, 15) is 0 Å². The van der Waals surface area contributed by atoms with E-state index in [4.69, 9.17) is 16.6 Å². The van der Waals surface area contributed by atoms with Gasteiger partial charge in [0.05, 0.1) is 10.7 Å². The second kappa shape index (κ2) is 7.28. The average Bonchev–Trinajstić information content (AvgIpc) is 2.80. The third-order valence-electron chi connectivity index (χ3n) is 4.23. The number of hydrogen-bond acceptors (Lipinski definition) is 3. The number of anilines is 1. The van der Waals surface area contributed by atoms with Gasteiger partial charge >= 0.3 is 0 Å². The van der Waals surface area contributed by atoms with Crippen LogP contribution in [-0.4, -0.2) is 28.5 Å². The van der Waals surface area contributed by atoms with E-state index < -0.39 is 0 Å². The standard InChI is InChI=1S/C16H26ClN3/c1-4-10-18-16-9-8-14(17)15(19-16)11-20-12(3)6-7-13(20)5-2/h8-9,12-13H,4-7,10-11H2,1-3H3,(H,18,19). The first kappa shape index (κ1) is 15.6. The van der Waals surface area contributed by atoms with Gasteiger partial charge < -0.3 is 5.32 Å². The highest BCUT2D eigenvalue weighted by Gasteiger charge is 2.29. The predicted octanol–water partition coefficient (Wildman–Crippen LogP) is 4.32. The Hall–Kier alpha value is -0.800. The van der Waals surface area contributed by atoms with Crippen LogP contribution in [-0.2, 0) is 6.54 Å². The van der Waals surface area contributed by atoms with Crippen LogP contribution in [0.15, 0.2) is 12.1 Å². The Morgan fingerprint density at radius 3 is 2.85 bits per heavy atom. The molecule has 0 bridgehead atoms. The maximum absolute atomic E-state index is 6.33. The summed E-state index contributed by atoms with van der Waals surface area (Å²) in [6.45, 7) is 8.54. The number of halogens is 1. The van der Waals surface area contributed by atoms with E-state index in [2.05, 4.69) is 31.0 Å². The van der Waals surface area contributed by atoms with Crippen LogP contribution in [0.5, 0.6) is 0 Å². The third-order valence-corrected chi connectivity index (χ3v) is 4.58.